The molecule has 0 spiro atoms. The number of amidine groups is 1. The summed E-state index contributed by atoms with van der Waals surface area (Å²) in [4.78, 5) is 12.5. The number of ether oxygens (including phenoxy) is 1. The number of anilines is 2. The summed E-state index contributed by atoms with van der Waals surface area (Å²) in [5.74, 6) is -0.714. The summed E-state index contributed by atoms with van der Waals surface area (Å²) in [5.41, 5.74) is 19.1. The van der Waals surface area contributed by atoms with Gasteiger partial charge in [0, 0.05) is 52.4 Å². The SMILES string of the molecule is NC1=NC(N)(c2ccc(N3CCOCC3)cc2)Nc2c(-c3cnc4ccccc4c3)csc21. The Bertz CT molecular complexity index is 1360. The molecule has 1 fully saturated rings. The summed E-state index contributed by atoms with van der Waals surface area (Å²) >= 11 is 1.56. The molecule has 2 aromatic heterocycles. The van der Waals surface area contributed by atoms with E-state index in [4.69, 9.17) is 16.2 Å². The van der Waals surface area contributed by atoms with Crippen LogP contribution in [0.5, 0.6) is 0 Å². The van der Waals surface area contributed by atoms with Gasteiger partial charge in [0.05, 0.1) is 29.3 Å². The highest BCUT2D eigenvalue weighted by atomic mass is 32.1. The molecule has 1 atom stereocenters. The van der Waals surface area contributed by atoms with E-state index < -0.39 is 5.79 Å². The van der Waals surface area contributed by atoms with E-state index in [9.17, 15) is 0 Å². The number of pyridine rings is 1. The summed E-state index contributed by atoms with van der Waals surface area (Å²) in [7, 11) is 0. The summed E-state index contributed by atoms with van der Waals surface area (Å²) in [6, 6.07) is 18.4. The second kappa shape index (κ2) is 7.84. The second-order valence-corrected chi connectivity index (χ2v) is 9.18. The molecule has 166 valence electrons. The molecule has 4 aromatic rings. The van der Waals surface area contributed by atoms with Gasteiger partial charge in [0.15, 0.2) is 0 Å². The first kappa shape index (κ1) is 20.2. The van der Waals surface area contributed by atoms with E-state index in [1.165, 1.54) is 0 Å². The zero-order chi connectivity index (χ0) is 22.4. The molecule has 4 heterocycles. The highest BCUT2D eigenvalue weighted by Gasteiger charge is 2.35. The number of morpholine rings is 1. The Hall–Kier alpha value is -3.46. The topological polar surface area (TPSA) is 102 Å². The standard InChI is InChI=1S/C25H24N6OS/c26-24-23-22(20(15-33-23)17-13-16-3-1-2-4-21(16)28-14-17)29-25(27,30-24)18-5-7-19(8-6-18)31-9-11-32-12-10-31/h1-8,13-15,29H,9-12,27H2,(H2,26,30). The number of hydrogen-bond donors (Lipinski definition) is 3. The van der Waals surface area contributed by atoms with Crippen LogP contribution in [0.15, 0.2) is 71.2 Å². The van der Waals surface area contributed by atoms with Crippen molar-refractivity contribution in [2.75, 3.05) is 36.5 Å². The van der Waals surface area contributed by atoms with Crippen LogP contribution in [-0.4, -0.2) is 37.1 Å². The van der Waals surface area contributed by atoms with Crippen molar-refractivity contribution < 1.29 is 4.74 Å². The Morgan fingerprint density at radius 3 is 2.67 bits per heavy atom. The maximum atomic E-state index is 6.79. The van der Waals surface area contributed by atoms with Gasteiger partial charge in [-0.05, 0) is 24.3 Å². The van der Waals surface area contributed by atoms with E-state index in [2.05, 4.69) is 49.8 Å². The van der Waals surface area contributed by atoms with Gasteiger partial charge in [-0.1, -0.05) is 30.3 Å². The van der Waals surface area contributed by atoms with Gasteiger partial charge >= 0.3 is 0 Å². The number of nitrogens with zero attached hydrogens (tertiary/aromatic N) is 3. The van der Waals surface area contributed by atoms with Crippen molar-refractivity contribution >= 4 is 39.5 Å². The van der Waals surface area contributed by atoms with E-state index in [0.29, 0.717) is 5.84 Å². The number of aliphatic imine (C=N–C) groups is 1. The van der Waals surface area contributed by atoms with Crippen molar-refractivity contribution in [3.8, 4) is 11.1 Å². The molecule has 1 saturated heterocycles. The average Bonchev–Trinajstić information content (AvgIpc) is 3.28. The van der Waals surface area contributed by atoms with Crippen LogP contribution in [0.1, 0.15) is 10.4 Å². The molecule has 0 radical (unpaired) electrons. The van der Waals surface area contributed by atoms with E-state index >= 15 is 0 Å². The van der Waals surface area contributed by atoms with Gasteiger partial charge in [-0.3, -0.25) is 10.7 Å². The third-order valence-corrected chi connectivity index (χ3v) is 7.22. The smallest absolute Gasteiger partial charge is 0.211 e. The molecule has 2 aromatic carbocycles. The zero-order valence-electron chi connectivity index (χ0n) is 18.0. The number of thiophene rings is 1. The summed E-state index contributed by atoms with van der Waals surface area (Å²) in [6.45, 7) is 3.27. The highest BCUT2D eigenvalue weighted by molar-refractivity contribution is 7.13. The first-order valence-corrected chi connectivity index (χ1v) is 11.8. The summed E-state index contributed by atoms with van der Waals surface area (Å²) in [6.07, 6.45) is 1.89. The van der Waals surface area contributed by atoms with Crippen molar-refractivity contribution in [1.29, 1.82) is 0 Å². The fourth-order valence-corrected chi connectivity index (χ4v) is 5.38. The van der Waals surface area contributed by atoms with Gasteiger partial charge < -0.3 is 20.7 Å². The van der Waals surface area contributed by atoms with E-state index in [0.717, 1.165) is 70.1 Å². The average molecular weight is 457 g/mol. The molecular weight excluding hydrogens is 432 g/mol. The van der Waals surface area contributed by atoms with Gasteiger partial charge in [0.2, 0.25) is 5.79 Å². The normalized spacial score (nSPS) is 20.3. The molecule has 5 N–H and O–H groups in total. The molecule has 0 bridgehead atoms. The number of aromatic nitrogens is 1. The molecule has 0 saturated carbocycles. The van der Waals surface area contributed by atoms with E-state index in [-0.39, 0.29) is 0 Å². The highest BCUT2D eigenvalue weighted by Crippen LogP contribution is 2.42. The van der Waals surface area contributed by atoms with Gasteiger partial charge in [0.25, 0.3) is 0 Å². The number of rotatable bonds is 3. The lowest BCUT2D eigenvalue weighted by molar-refractivity contribution is 0.122. The first-order chi connectivity index (χ1) is 16.1. The molecule has 6 rings (SSSR count). The number of nitrogens with two attached hydrogens (primary N) is 2. The van der Waals surface area contributed by atoms with Gasteiger partial charge in [-0.15, -0.1) is 11.3 Å². The fourth-order valence-electron chi connectivity index (χ4n) is 4.45. The number of hydrogen-bond acceptors (Lipinski definition) is 8. The molecule has 0 amide bonds. The van der Waals surface area contributed by atoms with Gasteiger partial charge in [-0.25, -0.2) is 4.99 Å². The molecule has 2 aliphatic rings. The van der Waals surface area contributed by atoms with E-state index in [1.54, 1.807) is 11.3 Å². The van der Waals surface area contributed by atoms with Crippen molar-refractivity contribution in [2.24, 2.45) is 16.5 Å². The largest absolute Gasteiger partial charge is 0.383 e. The lowest BCUT2D eigenvalue weighted by Crippen LogP contribution is -2.47. The van der Waals surface area contributed by atoms with Crippen LogP contribution >= 0.6 is 11.3 Å². The number of nitrogens with one attached hydrogen (secondary N) is 1. The van der Waals surface area contributed by atoms with Gasteiger partial charge in [0.1, 0.15) is 5.84 Å². The van der Waals surface area contributed by atoms with Gasteiger partial charge in [-0.2, -0.15) is 0 Å². The predicted molar refractivity (Wildman–Crippen MR) is 135 cm³/mol. The first-order valence-electron chi connectivity index (χ1n) is 10.9. The van der Waals surface area contributed by atoms with Crippen LogP contribution in [0.25, 0.3) is 22.0 Å². The third-order valence-electron chi connectivity index (χ3n) is 6.22. The molecule has 33 heavy (non-hydrogen) atoms. The zero-order valence-corrected chi connectivity index (χ0v) is 18.8. The maximum Gasteiger partial charge on any atom is 0.211 e. The molecular formula is C25H24N6OS. The van der Waals surface area contributed by atoms with Crippen LogP contribution in [0.3, 0.4) is 0 Å². The fraction of sp³-hybridized carbons (Fsp3) is 0.200. The minimum absolute atomic E-state index is 0.438. The molecule has 1 unspecified atom stereocenters. The second-order valence-electron chi connectivity index (χ2n) is 8.30. The Morgan fingerprint density at radius 1 is 1.06 bits per heavy atom. The van der Waals surface area contributed by atoms with Crippen LogP contribution in [-0.2, 0) is 10.5 Å². The molecule has 2 aliphatic heterocycles. The molecule has 0 aliphatic carbocycles. The van der Waals surface area contributed by atoms with Crippen molar-refractivity contribution in [2.45, 2.75) is 5.79 Å². The summed E-state index contributed by atoms with van der Waals surface area (Å²) < 4.78 is 5.46. The lowest BCUT2D eigenvalue weighted by Gasteiger charge is -2.33. The Kier molecular flexibility index (Phi) is 4.79. The Balaban J connectivity index is 1.35. The van der Waals surface area contributed by atoms with Crippen LogP contribution in [0.4, 0.5) is 11.4 Å². The predicted octanol–water partition coefficient (Wildman–Crippen LogP) is 3.70. The molecule has 8 heteroatoms. The lowest BCUT2D eigenvalue weighted by atomic mass is 10.0. The van der Waals surface area contributed by atoms with Crippen LogP contribution in [0.2, 0.25) is 0 Å². The van der Waals surface area contributed by atoms with E-state index in [1.807, 2.05) is 36.5 Å². The Morgan fingerprint density at radius 2 is 1.85 bits per heavy atom. The monoisotopic (exact) mass is 456 g/mol. The number of benzene rings is 2. The molecule has 7 nitrogen and oxygen atoms in total. The number of para-hydroxylation sites is 1. The van der Waals surface area contributed by atoms with Crippen LogP contribution in [0, 0.1) is 0 Å². The van der Waals surface area contributed by atoms with Crippen molar-refractivity contribution in [3.63, 3.8) is 0 Å². The Labute approximate surface area is 195 Å². The third kappa shape index (κ3) is 3.52. The van der Waals surface area contributed by atoms with Crippen molar-refractivity contribution in [1.82, 2.24) is 4.98 Å². The maximum absolute atomic E-state index is 6.79. The summed E-state index contributed by atoms with van der Waals surface area (Å²) in [5, 5.41) is 6.64. The number of fused-ring (bicyclic) bond motifs is 2. The quantitative estimate of drug-likeness (QED) is 0.435. The van der Waals surface area contributed by atoms with Crippen molar-refractivity contribution in [3.05, 3.63) is 76.6 Å². The minimum Gasteiger partial charge on any atom is -0.383 e. The minimum atomic E-state index is -1.15. The van der Waals surface area contributed by atoms with Crippen LogP contribution < -0.4 is 21.7 Å².